The van der Waals surface area contributed by atoms with Gasteiger partial charge in [0.25, 0.3) is 5.97 Å². The van der Waals surface area contributed by atoms with E-state index in [1.165, 1.54) is 0 Å². The lowest BCUT2D eigenvalue weighted by Gasteiger charge is -2.26. The number of carbonyl (C=O) groups is 1. The van der Waals surface area contributed by atoms with E-state index in [0.29, 0.717) is 26.2 Å². The third-order valence-electron chi connectivity index (χ3n) is 2.20. The van der Waals surface area contributed by atoms with Crippen LogP contribution in [0.25, 0.3) is 0 Å². The van der Waals surface area contributed by atoms with Gasteiger partial charge < -0.3 is 17.7 Å². The van der Waals surface area contributed by atoms with E-state index in [-0.39, 0.29) is 11.2 Å². The van der Waals surface area contributed by atoms with E-state index in [0.717, 1.165) is 12.8 Å². The first-order valence-corrected chi connectivity index (χ1v) is 8.96. The van der Waals surface area contributed by atoms with Crippen LogP contribution in [0.15, 0.2) is 0 Å². The molecule has 0 radical (unpaired) electrons. The summed E-state index contributed by atoms with van der Waals surface area (Å²) in [4.78, 5) is 11.8. The molecule has 0 fully saturated rings. The Morgan fingerprint density at radius 2 is 1.58 bits per heavy atom. The first-order valence-electron chi connectivity index (χ1n) is 6.81. The Labute approximate surface area is 122 Å². The second kappa shape index (κ2) is 10.7. The van der Waals surface area contributed by atoms with Crippen LogP contribution in [0.3, 0.4) is 0 Å². The number of hydrogen-bond acceptors (Lipinski definition) is 6. The Balaban J connectivity index is 4.39. The largest absolute Gasteiger partial charge is 0.751 e. The van der Waals surface area contributed by atoms with Gasteiger partial charge >= 0.3 is 9.05 Å². The molecule has 0 aliphatic rings. The molecular formula is C12H26O5SSi. The quantitative estimate of drug-likeness (QED) is 0.469. The Kier molecular flexibility index (Phi) is 10.6. The maximum atomic E-state index is 11.8. The van der Waals surface area contributed by atoms with Gasteiger partial charge in [-0.2, -0.15) is 12.6 Å². The first kappa shape index (κ1) is 18.9. The molecule has 1 atom stereocenters. The predicted octanol–water partition coefficient (Wildman–Crippen LogP) is 2.56. The van der Waals surface area contributed by atoms with Crippen LogP contribution in [0.4, 0.5) is 0 Å². The summed E-state index contributed by atoms with van der Waals surface area (Å²) in [5.74, 6) is -0.337. The summed E-state index contributed by atoms with van der Waals surface area (Å²) in [6.07, 6.45) is 1.93. The SMILES string of the molecule is CCO[Si](OCC)(OCC)OC(=O)CCCC(C)S. The zero-order chi connectivity index (χ0) is 14.7. The molecule has 0 aliphatic carbocycles. The van der Waals surface area contributed by atoms with Gasteiger partial charge in [-0.25, -0.2) is 0 Å². The number of hydrogen-bond donors (Lipinski definition) is 1. The van der Waals surface area contributed by atoms with E-state index in [4.69, 9.17) is 17.7 Å². The fourth-order valence-electron chi connectivity index (χ4n) is 1.48. The van der Waals surface area contributed by atoms with Crippen molar-refractivity contribution in [2.45, 2.75) is 52.2 Å². The first-order chi connectivity index (χ1) is 8.99. The molecule has 1 unspecified atom stereocenters. The number of carbonyl (C=O) groups excluding carboxylic acids is 1. The molecule has 0 rings (SSSR count). The van der Waals surface area contributed by atoms with Crippen LogP contribution in [0.1, 0.15) is 47.0 Å². The molecule has 0 amide bonds. The van der Waals surface area contributed by atoms with Crippen molar-refractivity contribution in [1.82, 2.24) is 0 Å². The monoisotopic (exact) mass is 310 g/mol. The van der Waals surface area contributed by atoms with E-state index < -0.39 is 9.05 Å². The van der Waals surface area contributed by atoms with Crippen molar-refractivity contribution in [2.75, 3.05) is 19.8 Å². The lowest BCUT2D eigenvalue weighted by molar-refractivity contribution is -0.144. The van der Waals surface area contributed by atoms with E-state index >= 15 is 0 Å². The van der Waals surface area contributed by atoms with Crippen LogP contribution in [0.2, 0.25) is 0 Å². The molecule has 0 aliphatic heterocycles. The second-order valence-electron chi connectivity index (χ2n) is 4.01. The van der Waals surface area contributed by atoms with Gasteiger partial charge in [-0.3, -0.25) is 4.79 Å². The van der Waals surface area contributed by atoms with Crippen LogP contribution in [-0.4, -0.2) is 40.1 Å². The average Bonchev–Trinajstić information content (AvgIpc) is 2.29. The van der Waals surface area contributed by atoms with Crippen LogP contribution < -0.4 is 0 Å². The van der Waals surface area contributed by atoms with Gasteiger partial charge in [-0.05, 0) is 38.9 Å². The summed E-state index contributed by atoms with van der Waals surface area (Å²) in [6, 6.07) is 0. The van der Waals surface area contributed by atoms with E-state index in [9.17, 15) is 4.79 Å². The van der Waals surface area contributed by atoms with Crippen molar-refractivity contribution >= 4 is 27.6 Å². The third kappa shape index (κ3) is 8.64. The summed E-state index contributed by atoms with van der Waals surface area (Å²) in [6.45, 7) is 8.59. The van der Waals surface area contributed by atoms with E-state index in [2.05, 4.69) is 12.6 Å². The van der Waals surface area contributed by atoms with Crippen molar-refractivity contribution in [2.24, 2.45) is 0 Å². The van der Waals surface area contributed by atoms with Crippen LogP contribution >= 0.6 is 12.6 Å². The molecule has 0 spiro atoms. The molecule has 0 aromatic carbocycles. The van der Waals surface area contributed by atoms with Gasteiger partial charge in [-0.1, -0.05) is 6.92 Å². The molecule has 0 heterocycles. The fourth-order valence-corrected chi connectivity index (χ4v) is 3.53. The van der Waals surface area contributed by atoms with Gasteiger partial charge in [0.1, 0.15) is 0 Å². The third-order valence-corrected chi connectivity index (χ3v) is 4.87. The van der Waals surface area contributed by atoms with Gasteiger partial charge in [-0.15, -0.1) is 0 Å². The van der Waals surface area contributed by atoms with E-state index in [1.54, 1.807) is 0 Å². The Hall–Kier alpha value is -0.0831. The fraction of sp³-hybridized carbons (Fsp3) is 0.917. The van der Waals surface area contributed by atoms with Crippen molar-refractivity contribution in [3.8, 4) is 0 Å². The van der Waals surface area contributed by atoms with Crippen molar-refractivity contribution < 1.29 is 22.5 Å². The van der Waals surface area contributed by atoms with Crippen molar-refractivity contribution in [3.05, 3.63) is 0 Å². The topological polar surface area (TPSA) is 54.0 Å². The number of rotatable bonds is 11. The van der Waals surface area contributed by atoms with Gasteiger partial charge in [0.15, 0.2) is 0 Å². The van der Waals surface area contributed by atoms with Crippen LogP contribution in [0.5, 0.6) is 0 Å². The van der Waals surface area contributed by atoms with Gasteiger partial charge in [0.2, 0.25) is 0 Å². The summed E-state index contributed by atoms with van der Waals surface area (Å²) < 4.78 is 21.7. The Bertz CT molecular complexity index is 233. The van der Waals surface area contributed by atoms with Crippen molar-refractivity contribution in [3.63, 3.8) is 0 Å². The maximum absolute atomic E-state index is 11.8. The highest BCUT2D eigenvalue weighted by Crippen LogP contribution is 2.15. The summed E-state index contributed by atoms with van der Waals surface area (Å²) in [7, 11) is -3.30. The van der Waals surface area contributed by atoms with Gasteiger partial charge in [0, 0.05) is 26.2 Å². The molecule has 0 saturated carbocycles. The van der Waals surface area contributed by atoms with Crippen LogP contribution in [0, 0.1) is 0 Å². The molecule has 19 heavy (non-hydrogen) atoms. The molecule has 0 bridgehead atoms. The molecule has 7 heteroatoms. The summed E-state index contributed by atoms with van der Waals surface area (Å²) >= 11 is 4.27. The maximum Gasteiger partial charge on any atom is 0.751 e. The highest BCUT2D eigenvalue weighted by atomic mass is 32.1. The molecule has 0 saturated heterocycles. The minimum absolute atomic E-state index is 0.278. The minimum atomic E-state index is -3.30. The zero-order valence-corrected chi connectivity index (χ0v) is 14.2. The normalized spacial score (nSPS) is 13.3. The Morgan fingerprint density at radius 1 is 1.11 bits per heavy atom. The molecule has 5 nitrogen and oxygen atoms in total. The lowest BCUT2D eigenvalue weighted by atomic mass is 10.2. The smallest absolute Gasteiger partial charge is 0.452 e. The highest BCUT2D eigenvalue weighted by molar-refractivity contribution is 7.80. The standard InChI is InChI=1S/C12H26O5SSi/c1-5-14-19(15-6-2,16-7-3)17-12(13)10-8-9-11(4)18/h11,18H,5-10H2,1-4H3. The average molecular weight is 310 g/mol. The van der Waals surface area contributed by atoms with Gasteiger partial charge in [0.05, 0.1) is 0 Å². The number of thiol groups is 1. The Morgan fingerprint density at radius 3 is 1.95 bits per heavy atom. The molecule has 0 aromatic heterocycles. The second-order valence-corrected chi connectivity index (χ2v) is 6.97. The highest BCUT2D eigenvalue weighted by Gasteiger charge is 2.49. The van der Waals surface area contributed by atoms with Crippen molar-refractivity contribution in [1.29, 1.82) is 0 Å². The molecular weight excluding hydrogens is 284 g/mol. The molecule has 114 valence electrons. The van der Waals surface area contributed by atoms with E-state index in [1.807, 2.05) is 27.7 Å². The van der Waals surface area contributed by atoms with Crippen LogP contribution in [-0.2, 0) is 22.5 Å². The minimum Gasteiger partial charge on any atom is -0.452 e. The summed E-state index contributed by atoms with van der Waals surface area (Å²) in [5, 5.41) is 0.278. The molecule has 0 aromatic rings. The zero-order valence-electron chi connectivity index (χ0n) is 12.3. The lowest BCUT2D eigenvalue weighted by Crippen LogP contribution is -2.50. The predicted molar refractivity (Wildman–Crippen MR) is 79.0 cm³/mol. The molecule has 0 N–H and O–H groups in total. The summed E-state index contributed by atoms with van der Waals surface area (Å²) in [5.41, 5.74) is 0.